The second-order valence-corrected chi connectivity index (χ2v) is 6.56. The van der Waals surface area contributed by atoms with Gasteiger partial charge in [-0.15, -0.1) is 0 Å². The van der Waals surface area contributed by atoms with Crippen LogP contribution in [0, 0.1) is 5.92 Å². The van der Waals surface area contributed by atoms with Gasteiger partial charge in [0, 0.05) is 26.2 Å². The Kier molecular flexibility index (Phi) is 6.09. The van der Waals surface area contributed by atoms with Crippen molar-refractivity contribution in [2.45, 2.75) is 32.7 Å². The van der Waals surface area contributed by atoms with Gasteiger partial charge in [0.1, 0.15) is 0 Å². The molecular weight excluding hydrogens is 332 g/mol. The number of carbonyl (C=O) groups is 2. The molecule has 0 radical (unpaired) electrons. The molecule has 1 unspecified atom stereocenters. The van der Waals surface area contributed by atoms with Crippen LogP contribution in [0.25, 0.3) is 11.0 Å². The number of fused-ring (bicyclic) bond motifs is 1. The third-order valence-corrected chi connectivity index (χ3v) is 4.72. The van der Waals surface area contributed by atoms with E-state index in [-0.39, 0.29) is 17.9 Å². The summed E-state index contributed by atoms with van der Waals surface area (Å²) in [5, 5.41) is 3.00. The van der Waals surface area contributed by atoms with E-state index in [2.05, 4.69) is 14.9 Å². The maximum absolute atomic E-state index is 12.4. The van der Waals surface area contributed by atoms with E-state index in [4.69, 9.17) is 4.74 Å². The van der Waals surface area contributed by atoms with Gasteiger partial charge < -0.3 is 19.5 Å². The number of aryl methyl sites for hydroxylation is 1. The Hall–Kier alpha value is -2.57. The Bertz CT molecular complexity index is 758. The highest BCUT2D eigenvalue weighted by molar-refractivity contribution is 5.80. The van der Waals surface area contributed by atoms with Gasteiger partial charge in [0.25, 0.3) is 0 Å². The summed E-state index contributed by atoms with van der Waals surface area (Å²) in [5.41, 5.74) is 2.09. The molecule has 26 heavy (non-hydrogen) atoms. The van der Waals surface area contributed by atoms with Gasteiger partial charge in [-0.25, -0.2) is 9.78 Å². The van der Waals surface area contributed by atoms with Gasteiger partial charge in [-0.3, -0.25) is 4.79 Å². The molecule has 1 aromatic heterocycles. The average Bonchev–Trinajstić information content (AvgIpc) is 3.08. The largest absolute Gasteiger partial charge is 0.450 e. The van der Waals surface area contributed by atoms with Crippen molar-refractivity contribution in [3.63, 3.8) is 0 Å². The molecule has 140 valence electrons. The van der Waals surface area contributed by atoms with Crippen LogP contribution < -0.4 is 5.32 Å². The summed E-state index contributed by atoms with van der Waals surface area (Å²) in [5.74, 6) is -0.128. The van der Waals surface area contributed by atoms with Crippen molar-refractivity contribution in [2.24, 2.45) is 5.92 Å². The molecule has 2 amide bonds. The van der Waals surface area contributed by atoms with Crippen LogP contribution in [0.3, 0.4) is 0 Å². The monoisotopic (exact) mass is 358 g/mol. The summed E-state index contributed by atoms with van der Waals surface area (Å²) in [7, 11) is 0. The van der Waals surface area contributed by atoms with E-state index in [1.165, 1.54) is 0 Å². The van der Waals surface area contributed by atoms with E-state index >= 15 is 0 Å². The first-order chi connectivity index (χ1) is 12.7. The Morgan fingerprint density at radius 1 is 1.35 bits per heavy atom. The highest BCUT2D eigenvalue weighted by atomic mass is 16.6. The molecular formula is C19H26N4O3. The Morgan fingerprint density at radius 2 is 2.19 bits per heavy atom. The summed E-state index contributed by atoms with van der Waals surface area (Å²) >= 11 is 0. The number of aromatic nitrogens is 2. The number of para-hydroxylation sites is 2. The fourth-order valence-corrected chi connectivity index (χ4v) is 3.37. The minimum atomic E-state index is -0.322. The number of amides is 2. The number of piperidine rings is 1. The first-order valence-corrected chi connectivity index (χ1v) is 9.28. The lowest BCUT2D eigenvalue weighted by molar-refractivity contribution is -0.126. The van der Waals surface area contributed by atoms with E-state index in [0.717, 1.165) is 36.8 Å². The molecule has 7 heteroatoms. The predicted molar refractivity (Wildman–Crippen MR) is 98.7 cm³/mol. The fraction of sp³-hybridized carbons (Fsp3) is 0.526. The van der Waals surface area contributed by atoms with Crippen LogP contribution >= 0.6 is 0 Å². The van der Waals surface area contributed by atoms with Gasteiger partial charge in [0.05, 0.1) is 29.9 Å². The molecule has 0 bridgehead atoms. The lowest BCUT2D eigenvalue weighted by Crippen LogP contribution is -2.45. The number of ether oxygens (including phenoxy) is 1. The summed E-state index contributed by atoms with van der Waals surface area (Å²) in [6.07, 6.45) is 3.99. The highest BCUT2D eigenvalue weighted by Crippen LogP contribution is 2.17. The average molecular weight is 358 g/mol. The molecule has 2 aromatic rings. The van der Waals surface area contributed by atoms with Crippen LogP contribution in [0.4, 0.5) is 4.79 Å². The minimum absolute atomic E-state index is 0.0227. The molecule has 1 aliphatic heterocycles. The first-order valence-electron chi connectivity index (χ1n) is 9.28. The standard InChI is InChI=1S/C19H26N4O3/c1-2-26-19(25)22-11-5-7-15(13-22)18(24)20-10-6-12-23-14-21-16-8-3-4-9-17(16)23/h3-4,8-9,14-15H,2,5-7,10-13H2,1H3,(H,20,24). The van der Waals surface area contributed by atoms with Gasteiger partial charge in [0.15, 0.2) is 0 Å². The molecule has 0 saturated carbocycles. The summed E-state index contributed by atoms with van der Waals surface area (Å²) < 4.78 is 7.13. The molecule has 1 N–H and O–H groups in total. The second kappa shape index (κ2) is 8.69. The van der Waals surface area contributed by atoms with Crippen molar-refractivity contribution in [1.29, 1.82) is 0 Å². The second-order valence-electron chi connectivity index (χ2n) is 6.56. The number of rotatable bonds is 6. The van der Waals surface area contributed by atoms with Crippen LogP contribution in [-0.4, -0.2) is 52.7 Å². The number of nitrogens with zero attached hydrogens (tertiary/aromatic N) is 3. The van der Waals surface area contributed by atoms with Gasteiger partial charge >= 0.3 is 6.09 Å². The Morgan fingerprint density at radius 3 is 3.04 bits per heavy atom. The number of imidazole rings is 1. The maximum Gasteiger partial charge on any atom is 0.409 e. The van der Waals surface area contributed by atoms with Crippen LogP contribution in [0.2, 0.25) is 0 Å². The van der Waals surface area contributed by atoms with Crippen LogP contribution in [-0.2, 0) is 16.1 Å². The smallest absolute Gasteiger partial charge is 0.409 e. The van der Waals surface area contributed by atoms with Crippen LogP contribution in [0.5, 0.6) is 0 Å². The molecule has 0 aliphatic carbocycles. The molecule has 7 nitrogen and oxygen atoms in total. The molecule has 1 fully saturated rings. The van der Waals surface area contributed by atoms with Crippen molar-refractivity contribution >= 4 is 23.0 Å². The zero-order valence-electron chi connectivity index (χ0n) is 15.2. The third kappa shape index (κ3) is 4.33. The lowest BCUT2D eigenvalue weighted by Gasteiger charge is -2.31. The minimum Gasteiger partial charge on any atom is -0.450 e. The number of hydrogen-bond donors (Lipinski definition) is 1. The third-order valence-electron chi connectivity index (χ3n) is 4.72. The quantitative estimate of drug-likeness (QED) is 0.805. The van der Waals surface area contributed by atoms with E-state index in [1.54, 1.807) is 11.8 Å². The van der Waals surface area contributed by atoms with Gasteiger partial charge in [-0.1, -0.05) is 12.1 Å². The molecule has 1 aliphatic rings. The highest BCUT2D eigenvalue weighted by Gasteiger charge is 2.28. The van der Waals surface area contributed by atoms with Crippen molar-refractivity contribution in [2.75, 3.05) is 26.2 Å². The van der Waals surface area contributed by atoms with Gasteiger partial charge in [-0.05, 0) is 38.3 Å². The number of nitrogens with one attached hydrogen (secondary N) is 1. The number of benzene rings is 1. The predicted octanol–water partition coefficient (Wildman–Crippen LogP) is 2.41. The van der Waals surface area contributed by atoms with E-state index in [9.17, 15) is 9.59 Å². The summed E-state index contributed by atoms with van der Waals surface area (Å²) in [6, 6.07) is 8.02. The summed E-state index contributed by atoms with van der Waals surface area (Å²) in [6.45, 7) is 4.67. The van der Waals surface area contributed by atoms with Gasteiger partial charge in [0.2, 0.25) is 5.91 Å². The zero-order valence-corrected chi connectivity index (χ0v) is 15.2. The van der Waals surface area contributed by atoms with Crippen molar-refractivity contribution < 1.29 is 14.3 Å². The molecule has 1 saturated heterocycles. The van der Waals surface area contributed by atoms with Gasteiger partial charge in [-0.2, -0.15) is 0 Å². The lowest BCUT2D eigenvalue weighted by atomic mass is 9.97. The molecule has 1 aromatic carbocycles. The number of carbonyl (C=O) groups excluding carboxylic acids is 2. The SMILES string of the molecule is CCOC(=O)N1CCCC(C(=O)NCCCn2cnc3ccccc32)C1. The Labute approximate surface area is 153 Å². The van der Waals surface area contributed by atoms with E-state index in [0.29, 0.717) is 26.2 Å². The molecule has 3 rings (SSSR count). The number of hydrogen-bond acceptors (Lipinski definition) is 4. The molecule has 2 heterocycles. The van der Waals surface area contributed by atoms with Crippen molar-refractivity contribution in [3.8, 4) is 0 Å². The van der Waals surface area contributed by atoms with Crippen molar-refractivity contribution in [1.82, 2.24) is 19.8 Å². The first kappa shape index (κ1) is 18.2. The number of likely N-dealkylation sites (tertiary alicyclic amines) is 1. The molecule has 1 atom stereocenters. The fourth-order valence-electron chi connectivity index (χ4n) is 3.37. The normalized spacial score (nSPS) is 17.3. The van der Waals surface area contributed by atoms with Crippen LogP contribution in [0.15, 0.2) is 30.6 Å². The van der Waals surface area contributed by atoms with E-state index in [1.807, 2.05) is 30.6 Å². The topological polar surface area (TPSA) is 76.5 Å². The van der Waals surface area contributed by atoms with Crippen molar-refractivity contribution in [3.05, 3.63) is 30.6 Å². The summed E-state index contributed by atoms with van der Waals surface area (Å²) in [4.78, 5) is 30.2. The zero-order chi connectivity index (χ0) is 18.4. The Balaban J connectivity index is 1.43. The van der Waals surface area contributed by atoms with Crippen LogP contribution in [0.1, 0.15) is 26.2 Å². The maximum atomic E-state index is 12.4. The van der Waals surface area contributed by atoms with E-state index < -0.39 is 0 Å². The molecule has 0 spiro atoms.